The molecule has 19 heavy (non-hydrogen) atoms. The first-order valence-electron chi connectivity index (χ1n) is 7.24. The molecule has 0 atom stereocenters. The molecule has 1 aromatic rings. The van der Waals surface area contributed by atoms with Crippen molar-refractivity contribution in [2.45, 2.75) is 45.1 Å². The minimum Gasteiger partial charge on any atom is -0.481 e. The summed E-state index contributed by atoms with van der Waals surface area (Å²) in [7, 11) is 0. The quantitative estimate of drug-likeness (QED) is 0.742. The average molecular weight is 261 g/mol. The Labute approximate surface area is 115 Å². The smallest absolute Gasteiger partial charge is 0.307 e. The third kappa shape index (κ3) is 5.03. The van der Waals surface area contributed by atoms with Crippen molar-refractivity contribution in [3.05, 3.63) is 35.4 Å². The van der Waals surface area contributed by atoms with E-state index in [9.17, 15) is 4.79 Å². The predicted octanol–water partition coefficient (Wildman–Crippen LogP) is 2.98. The van der Waals surface area contributed by atoms with Crippen LogP contribution in [0.25, 0.3) is 0 Å². The molecule has 0 aliphatic heterocycles. The Bertz CT molecular complexity index is 394. The van der Waals surface area contributed by atoms with Gasteiger partial charge < -0.3 is 10.4 Å². The average Bonchev–Trinajstić information content (AvgIpc) is 2.89. The maximum atomic E-state index is 10.6. The van der Waals surface area contributed by atoms with Crippen LogP contribution in [0.1, 0.15) is 43.2 Å². The van der Waals surface area contributed by atoms with Crippen molar-refractivity contribution in [1.82, 2.24) is 5.32 Å². The van der Waals surface area contributed by atoms with Gasteiger partial charge in [-0.05, 0) is 30.0 Å². The lowest BCUT2D eigenvalue weighted by atomic mass is 10.0. The molecule has 0 aromatic heterocycles. The number of aliphatic carboxylic acids is 1. The summed E-state index contributed by atoms with van der Waals surface area (Å²) in [6.45, 7) is 1.96. The molecule has 0 bridgehead atoms. The van der Waals surface area contributed by atoms with Crippen molar-refractivity contribution in [3.63, 3.8) is 0 Å². The van der Waals surface area contributed by atoms with Crippen molar-refractivity contribution in [3.8, 4) is 0 Å². The summed E-state index contributed by atoms with van der Waals surface area (Å²) in [4.78, 5) is 10.6. The van der Waals surface area contributed by atoms with E-state index in [2.05, 4.69) is 5.32 Å². The number of rotatable bonds is 7. The number of carboxylic acids is 1. The van der Waals surface area contributed by atoms with Crippen molar-refractivity contribution >= 4 is 5.97 Å². The van der Waals surface area contributed by atoms with Crippen LogP contribution in [0.5, 0.6) is 0 Å². The molecular weight excluding hydrogens is 238 g/mol. The van der Waals surface area contributed by atoms with Crippen molar-refractivity contribution in [1.29, 1.82) is 0 Å². The van der Waals surface area contributed by atoms with Gasteiger partial charge in [0.05, 0.1) is 6.42 Å². The number of carboxylic acid groups (broad SMARTS) is 1. The van der Waals surface area contributed by atoms with Crippen LogP contribution >= 0.6 is 0 Å². The summed E-state index contributed by atoms with van der Waals surface area (Å²) in [6.07, 6.45) is 7.04. The first kappa shape index (κ1) is 14.1. The highest BCUT2D eigenvalue weighted by Gasteiger charge is 2.13. The van der Waals surface area contributed by atoms with E-state index in [1.165, 1.54) is 37.7 Å². The molecule has 0 spiro atoms. The molecule has 1 aliphatic carbocycles. The fraction of sp³-hybridized carbons (Fsp3) is 0.562. The molecule has 2 N–H and O–H groups in total. The molecule has 0 amide bonds. The molecular formula is C16H23NO2. The lowest BCUT2D eigenvalue weighted by molar-refractivity contribution is -0.136. The fourth-order valence-corrected chi connectivity index (χ4v) is 2.79. The van der Waals surface area contributed by atoms with E-state index in [0.29, 0.717) is 0 Å². The Balaban J connectivity index is 1.66. The van der Waals surface area contributed by atoms with Gasteiger partial charge in [-0.25, -0.2) is 0 Å². The van der Waals surface area contributed by atoms with E-state index < -0.39 is 5.97 Å². The summed E-state index contributed by atoms with van der Waals surface area (Å²) < 4.78 is 0. The third-order valence-electron chi connectivity index (χ3n) is 3.91. The number of benzene rings is 1. The summed E-state index contributed by atoms with van der Waals surface area (Å²) in [5, 5.41) is 12.2. The molecule has 0 unspecified atom stereocenters. The van der Waals surface area contributed by atoms with E-state index in [4.69, 9.17) is 5.11 Å². The monoisotopic (exact) mass is 261 g/mol. The maximum absolute atomic E-state index is 10.6. The van der Waals surface area contributed by atoms with Gasteiger partial charge in [0.1, 0.15) is 0 Å². The molecule has 1 saturated carbocycles. The fourth-order valence-electron chi connectivity index (χ4n) is 2.79. The molecule has 0 radical (unpaired) electrons. The topological polar surface area (TPSA) is 49.3 Å². The van der Waals surface area contributed by atoms with Crippen LogP contribution in [0.3, 0.4) is 0 Å². The zero-order chi connectivity index (χ0) is 13.5. The summed E-state index contributed by atoms with van der Waals surface area (Å²) in [5.41, 5.74) is 2.09. The predicted molar refractivity (Wildman–Crippen MR) is 76.1 cm³/mol. The van der Waals surface area contributed by atoms with Gasteiger partial charge in [-0.15, -0.1) is 0 Å². The molecule has 3 nitrogen and oxygen atoms in total. The summed E-state index contributed by atoms with van der Waals surface area (Å²) in [6, 6.07) is 7.84. The van der Waals surface area contributed by atoms with Gasteiger partial charge in [0.25, 0.3) is 0 Å². The van der Waals surface area contributed by atoms with Crippen LogP contribution in [0, 0.1) is 5.92 Å². The number of hydrogen-bond donors (Lipinski definition) is 2. The maximum Gasteiger partial charge on any atom is 0.307 e. The van der Waals surface area contributed by atoms with Gasteiger partial charge in [-0.1, -0.05) is 49.9 Å². The summed E-state index contributed by atoms with van der Waals surface area (Å²) in [5.74, 6) is 0.160. The Morgan fingerprint density at radius 1 is 1.16 bits per heavy atom. The number of carbonyl (C=O) groups is 1. The minimum absolute atomic E-state index is 0.107. The Morgan fingerprint density at radius 3 is 2.42 bits per heavy atom. The first-order chi connectivity index (χ1) is 9.24. The van der Waals surface area contributed by atoms with Gasteiger partial charge in [0, 0.05) is 6.54 Å². The van der Waals surface area contributed by atoms with Crippen LogP contribution in [-0.4, -0.2) is 17.6 Å². The van der Waals surface area contributed by atoms with E-state index in [1.54, 1.807) is 0 Å². The van der Waals surface area contributed by atoms with Gasteiger partial charge >= 0.3 is 5.97 Å². The first-order valence-corrected chi connectivity index (χ1v) is 7.24. The Kier molecular flexibility index (Phi) is 5.40. The van der Waals surface area contributed by atoms with Crippen LogP contribution in [0.2, 0.25) is 0 Å². The normalized spacial score (nSPS) is 15.8. The standard InChI is InChI=1S/C16H23NO2/c18-16(19)11-14-5-7-15(8-6-14)12-17-10-9-13-3-1-2-4-13/h5-8,13,17H,1-4,9-12H2,(H,18,19). The van der Waals surface area contributed by atoms with Gasteiger partial charge in [0.2, 0.25) is 0 Å². The van der Waals surface area contributed by atoms with Crippen LogP contribution < -0.4 is 5.32 Å². The minimum atomic E-state index is -0.776. The van der Waals surface area contributed by atoms with E-state index in [1.807, 2.05) is 24.3 Å². The van der Waals surface area contributed by atoms with Gasteiger partial charge in [0.15, 0.2) is 0 Å². The summed E-state index contributed by atoms with van der Waals surface area (Å²) >= 11 is 0. The largest absolute Gasteiger partial charge is 0.481 e. The number of nitrogens with one attached hydrogen (secondary N) is 1. The molecule has 0 heterocycles. The third-order valence-corrected chi connectivity index (χ3v) is 3.91. The molecule has 1 aromatic carbocycles. The SMILES string of the molecule is O=C(O)Cc1ccc(CNCCC2CCCC2)cc1. The second kappa shape index (κ2) is 7.29. The van der Waals surface area contributed by atoms with E-state index in [-0.39, 0.29) is 6.42 Å². The number of hydrogen-bond acceptors (Lipinski definition) is 2. The molecule has 1 fully saturated rings. The van der Waals surface area contributed by atoms with Crippen LogP contribution in [0.4, 0.5) is 0 Å². The molecule has 104 valence electrons. The molecule has 3 heteroatoms. The van der Waals surface area contributed by atoms with Gasteiger partial charge in [-0.3, -0.25) is 4.79 Å². The van der Waals surface area contributed by atoms with Crippen molar-refractivity contribution < 1.29 is 9.90 Å². The van der Waals surface area contributed by atoms with Crippen LogP contribution in [-0.2, 0) is 17.8 Å². The molecule has 0 saturated heterocycles. The van der Waals surface area contributed by atoms with E-state index in [0.717, 1.165) is 24.6 Å². The molecule has 2 rings (SSSR count). The van der Waals surface area contributed by atoms with Crippen molar-refractivity contribution in [2.24, 2.45) is 5.92 Å². The highest BCUT2D eigenvalue weighted by atomic mass is 16.4. The lowest BCUT2D eigenvalue weighted by Crippen LogP contribution is -2.17. The second-order valence-electron chi connectivity index (χ2n) is 5.50. The highest BCUT2D eigenvalue weighted by Crippen LogP contribution is 2.26. The molecule has 1 aliphatic rings. The zero-order valence-electron chi connectivity index (χ0n) is 11.4. The van der Waals surface area contributed by atoms with E-state index >= 15 is 0 Å². The Hall–Kier alpha value is -1.35. The van der Waals surface area contributed by atoms with Crippen molar-refractivity contribution in [2.75, 3.05) is 6.54 Å². The van der Waals surface area contributed by atoms with Gasteiger partial charge in [-0.2, -0.15) is 0 Å². The second-order valence-corrected chi connectivity index (χ2v) is 5.50. The Morgan fingerprint density at radius 2 is 1.79 bits per heavy atom. The highest BCUT2D eigenvalue weighted by molar-refractivity contribution is 5.70. The van der Waals surface area contributed by atoms with Crippen LogP contribution in [0.15, 0.2) is 24.3 Å². The zero-order valence-corrected chi connectivity index (χ0v) is 11.4. The lowest BCUT2D eigenvalue weighted by Gasteiger charge is -2.10.